The lowest BCUT2D eigenvalue weighted by Crippen LogP contribution is -1.94. The zero-order valence-electron chi connectivity index (χ0n) is 16.2. The second kappa shape index (κ2) is 6.71. The van der Waals surface area contributed by atoms with E-state index in [4.69, 9.17) is 0 Å². The van der Waals surface area contributed by atoms with Gasteiger partial charge in [0.05, 0.1) is 0 Å². The molecule has 30 heavy (non-hydrogen) atoms. The summed E-state index contributed by atoms with van der Waals surface area (Å²) in [6.07, 6.45) is 7.80. The van der Waals surface area contributed by atoms with Crippen LogP contribution in [0.4, 0.5) is 0 Å². The molecule has 0 bridgehead atoms. The van der Waals surface area contributed by atoms with Gasteiger partial charge < -0.3 is 9.13 Å². The molecular weight excluding hydrogens is 368 g/mol. The maximum atomic E-state index is 4.51. The lowest BCUT2D eigenvalue weighted by molar-refractivity contribution is 1.09. The van der Waals surface area contributed by atoms with Gasteiger partial charge in [-0.05, 0) is 71.8 Å². The minimum Gasteiger partial charge on any atom is -0.301 e. The third-order valence-electron chi connectivity index (χ3n) is 5.52. The molecule has 2 aromatic carbocycles. The van der Waals surface area contributed by atoms with Gasteiger partial charge in [-0.3, -0.25) is 0 Å². The van der Waals surface area contributed by atoms with Gasteiger partial charge in [-0.25, -0.2) is 9.97 Å². The van der Waals surface area contributed by atoms with Gasteiger partial charge >= 0.3 is 0 Å². The van der Waals surface area contributed by atoms with E-state index in [9.17, 15) is 0 Å². The maximum Gasteiger partial charge on any atom is 0.144 e. The van der Waals surface area contributed by atoms with Gasteiger partial charge in [-0.2, -0.15) is 0 Å². The van der Waals surface area contributed by atoms with Crippen molar-refractivity contribution in [2.24, 2.45) is 0 Å². The van der Waals surface area contributed by atoms with Crippen molar-refractivity contribution in [2.75, 3.05) is 0 Å². The molecule has 0 spiro atoms. The third-order valence-corrected chi connectivity index (χ3v) is 5.52. The molecule has 0 saturated heterocycles. The summed E-state index contributed by atoms with van der Waals surface area (Å²) in [7, 11) is 0. The number of benzene rings is 2. The fraction of sp³-hybridized carbons (Fsp3) is 0. The SMILES string of the molecule is c1cnc2c(c1)ccn2-c1ccc(-c2ccc(-n3ccc4cccnc43)cc2)cc1. The fourth-order valence-electron chi connectivity index (χ4n) is 3.98. The van der Waals surface area contributed by atoms with E-state index in [1.807, 2.05) is 24.5 Å². The average molecular weight is 386 g/mol. The van der Waals surface area contributed by atoms with Crippen LogP contribution in [0.5, 0.6) is 0 Å². The highest BCUT2D eigenvalue weighted by Gasteiger charge is 2.06. The van der Waals surface area contributed by atoms with Gasteiger partial charge in [0.25, 0.3) is 0 Å². The quantitative estimate of drug-likeness (QED) is 0.372. The Kier molecular flexibility index (Phi) is 3.74. The molecule has 6 aromatic rings. The van der Waals surface area contributed by atoms with E-state index in [-0.39, 0.29) is 0 Å². The van der Waals surface area contributed by atoms with Crippen LogP contribution in [0.25, 0.3) is 44.6 Å². The van der Waals surface area contributed by atoms with Crippen LogP contribution in [0.1, 0.15) is 0 Å². The highest BCUT2D eigenvalue weighted by molar-refractivity contribution is 5.79. The van der Waals surface area contributed by atoms with Crippen molar-refractivity contribution in [3.05, 3.63) is 110 Å². The molecule has 0 radical (unpaired) electrons. The van der Waals surface area contributed by atoms with Crippen LogP contribution < -0.4 is 0 Å². The van der Waals surface area contributed by atoms with Crippen LogP contribution >= 0.6 is 0 Å². The highest BCUT2D eigenvalue weighted by atomic mass is 15.0. The van der Waals surface area contributed by atoms with Crippen molar-refractivity contribution in [2.45, 2.75) is 0 Å². The number of nitrogens with zero attached hydrogens (tertiary/aromatic N) is 4. The zero-order chi connectivity index (χ0) is 19.9. The van der Waals surface area contributed by atoms with E-state index < -0.39 is 0 Å². The van der Waals surface area contributed by atoms with Crippen molar-refractivity contribution in [3.63, 3.8) is 0 Å². The van der Waals surface area contributed by atoms with Crippen LogP contribution in [0, 0.1) is 0 Å². The topological polar surface area (TPSA) is 35.6 Å². The van der Waals surface area contributed by atoms with Crippen LogP contribution in [0.3, 0.4) is 0 Å². The van der Waals surface area contributed by atoms with E-state index in [1.54, 1.807) is 0 Å². The highest BCUT2D eigenvalue weighted by Crippen LogP contribution is 2.25. The molecule has 6 rings (SSSR count). The Bertz CT molecular complexity index is 1360. The molecule has 4 heteroatoms. The van der Waals surface area contributed by atoms with Crippen molar-refractivity contribution in [3.8, 4) is 22.5 Å². The summed E-state index contributed by atoms with van der Waals surface area (Å²) >= 11 is 0. The Balaban J connectivity index is 1.32. The first kappa shape index (κ1) is 16.7. The minimum atomic E-state index is 0.974. The first-order valence-electron chi connectivity index (χ1n) is 9.92. The number of aromatic nitrogens is 4. The molecule has 0 saturated carbocycles. The van der Waals surface area contributed by atoms with Crippen LogP contribution in [0.15, 0.2) is 110 Å². The summed E-state index contributed by atoms with van der Waals surface area (Å²) in [5.74, 6) is 0. The smallest absolute Gasteiger partial charge is 0.144 e. The first-order valence-corrected chi connectivity index (χ1v) is 9.92. The van der Waals surface area contributed by atoms with Crippen LogP contribution in [-0.4, -0.2) is 19.1 Å². The Labute approximate surface area is 173 Å². The van der Waals surface area contributed by atoms with E-state index in [1.165, 1.54) is 11.1 Å². The monoisotopic (exact) mass is 386 g/mol. The molecule has 4 aromatic heterocycles. The molecule has 0 amide bonds. The van der Waals surface area contributed by atoms with E-state index in [0.717, 1.165) is 33.4 Å². The summed E-state index contributed by atoms with van der Waals surface area (Å²) < 4.78 is 4.23. The summed E-state index contributed by atoms with van der Waals surface area (Å²) in [5.41, 5.74) is 6.53. The van der Waals surface area contributed by atoms with Crippen LogP contribution in [0.2, 0.25) is 0 Å². The van der Waals surface area contributed by atoms with Crippen molar-refractivity contribution in [1.29, 1.82) is 0 Å². The van der Waals surface area contributed by atoms with E-state index >= 15 is 0 Å². The third kappa shape index (κ3) is 2.70. The van der Waals surface area contributed by atoms with Crippen LogP contribution in [-0.2, 0) is 0 Å². The molecular formula is C26H18N4. The van der Waals surface area contributed by atoms with Gasteiger partial charge in [0.1, 0.15) is 11.3 Å². The Hall–Kier alpha value is -4.18. The predicted octanol–water partition coefficient (Wildman–Crippen LogP) is 6.03. The van der Waals surface area contributed by atoms with E-state index in [0.29, 0.717) is 0 Å². The Morgan fingerprint density at radius 2 is 0.900 bits per heavy atom. The van der Waals surface area contributed by atoms with Gasteiger partial charge in [0.15, 0.2) is 0 Å². The molecule has 4 nitrogen and oxygen atoms in total. The number of pyridine rings is 2. The molecule has 0 aliphatic carbocycles. The summed E-state index contributed by atoms with van der Waals surface area (Å²) in [4.78, 5) is 9.02. The first-order chi connectivity index (χ1) is 14.9. The predicted molar refractivity (Wildman–Crippen MR) is 121 cm³/mol. The van der Waals surface area contributed by atoms with Gasteiger partial charge in [-0.1, -0.05) is 24.3 Å². The van der Waals surface area contributed by atoms with Crippen molar-refractivity contribution >= 4 is 22.1 Å². The van der Waals surface area contributed by atoms with Gasteiger partial charge in [0, 0.05) is 46.9 Å². The number of hydrogen-bond donors (Lipinski definition) is 0. The second-order valence-corrected chi connectivity index (χ2v) is 7.30. The van der Waals surface area contributed by atoms with Crippen molar-refractivity contribution < 1.29 is 0 Å². The standard InChI is InChI=1S/C26H18N4/c1-3-21-13-17-29(25(21)27-15-1)23-9-5-19(6-10-23)20-7-11-24(12-8-20)30-18-14-22-4-2-16-28-26(22)30/h1-18H. The Morgan fingerprint density at radius 3 is 1.33 bits per heavy atom. The lowest BCUT2D eigenvalue weighted by atomic mass is 10.0. The fourth-order valence-corrected chi connectivity index (χ4v) is 3.98. The molecule has 0 aliphatic heterocycles. The largest absolute Gasteiger partial charge is 0.301 e. The van der Waals surface area contributed by atoms with Gasteiger partial charge in [0.2, 0.25) is 0 Å². The maximum absolute atomic E-state index is 4.51. The zero-order valence-corrected chi connectivity index (χ0v) is 16.2. The molecule has 142 valence electrons. The lowest BCUT2D eigenvalue weighted by Gasteiger charge is -2.09. The molecule has 0 unspecified atom stereocenters. The molecule has 0 N–H and O–H groups in total. The number of fused-ring (bicyclic) bond motifs is 2. The summed E-state index contributed by atoms with van der Waals surface area (Å²) in [6.45, 7) is 0. The molecule has 4 heterocycles. The molecule has 0 fully saturated rings. The molecule has 0 atom stereocenters. The molecule has 0 aliphatic rings. The summed E-state index contributed by atoms with van der Waals surface area (Å²) in [5, 5.41) is 2.29. The summed E-state index contributed by atoms with van der Waals surface area (Å²) in [6, 6.07) is 29.5. The minimum absolute atomic E-state index is 0.974. The van der Waals surface area contributed by atoms with Gasteiger partial charge in [-0.15, -0.1) is 0 Å². The number of rotatable bonds is 3. The van der Waals surface area contributed by atoms with Crippen molar-refractivity contribution in [1.82, 2.24) is 19.1 Å². The second-order valence-electron chi connectivity index (χ2n) is 7.30. The normalized spacial score (nSPS) is 11.3. The Morgan fingerprint density at radius 1 is 0.467 bits per heavy atom. The average Bonchev–Trinajstić information content (AvgIpc) is 3.44. The van der Waals surface area contributed by atoms with E-state index in [2.05, 4.69) is 104 Å². The number of hydrogen-bond acceptors (Lipinski definition) is 2.